The molecule has 0 aliphatic carbocycles. The number of ether oxygens (including phenoxy) is 1. The lowest BCUT2D eigenvalue weighted by atomic mass is 9.93. The summed E-state index contributed by atoms with van der Waals surface area (Å²) < 4.78 is 7.37. The summed E-state index contributed by atoms with van der Waals surface area (Å²) in [5.41, 5.74) is 2.98. The third-order valence-corrected chi connectivity index (χ3v) is 4.92. The minimum atomic E-state index is 0.469. The highest BCUT2D eigenvalue weighted by Gasteiger charge is 2.28. The summed E-state index contributed by atoms with van der Waals surface area (Å²) >= 11 is 0. The Labute approximate surface area is 130 Å². The number of aromatic nitrogens is 4. The average Bonchev–Trinajstić information content (AvgIpc) is 3.16. The maximum absolute atomic E-state index is 5.51. The molecule has 2 aromatic heterocycles. The monoisotopic (exact) mass is 301 g/mol. The van der Waals surface area contributed by atoms with Gasteiger partial charge in [-0.1, -0.05) is 0 Å². The van der Waals surface area contributed by atoms with E-state index < -0.39 is 0 Å². The van der Waals surface area contributed by atoms with Gasteiger partial charge in [-0.15, -0.1) is 0 Å². The standard InChI is InChI=1S/C16H23N5O/c1-20-16-15(17-5-6-18-16)14(19-20)13-3-2-7-21(10-13)9-12-4-8-22-11-12/h5-6,12-13H,2-4,7-11H2,1H3/t12-,13-/m0/s1. The number of hydrogen-bond acceptors (Lipinski definition) is 5. The number of likely N-dealkylation sites (tertiary alicyclic amines) is 1. The fourth-order valence-corrected chi connectivity index (χ4v) is 3.82. The zero-order valence-electron chi connectivity index (χ0n) is 13.1. The normalized spacial score (nSPS) is 26.8. The second kappa shape index (κ2) is 5.93. The van der Waals surface area contributed by atoms with Crippen molar-refractivity contribution in [2.24, 2.45) is 13.0 Å². The summed E-state index contributed by atoms with van der Waals surface area (Å²) in [4.78, 5) is 11.5. The van der Waals surface area contributed by atoms with Crippen LogP contribution in [0.2, 0.25) is 0 Å². The molecule has 0 bridgehead atoms. The molecule has 0 amide bonds. The highest BCUT2D eigenvalue weighted by Crippen LogP contribution is 2.30. The fourth-order valence-electron chi connectivity index (χ4n) is 3.82. The SMILES string of the molecule is Cn1nc([C@H]2CCCN(C[C@@H]3CCOC3)C2)c2nccnc21. The fraction of sp³-hybridized carbons (Fsp3) is 0.688. The van der Waals surface area contributed by atoms with E-state index in [1.807, 2.05) is 11.7 Å². The molecule has 0 spiro atoms. The second-order valence-electron chi connectivity index (χ2n) is 6.57. The number of aryl methyl sites for hydroxylation is 1. The van der Waals surface area contributed by atoms with Crippen molar-refractivity contribution in [3.05, 3.63) is 18.1 Å². The van der Waals surface area contributed by atoms with Crippen molar-refractivity contribution < 1.29 is 4.74 Å². The van der Waals surface area contributed by atoms with Crippen molar-refractivity contribution in [2.45, 2.75) is 25.2 Å². The summed E-state index contributed by atoms with van der Waals surface area (Å²) in [6, 6.07) is 0. The average molecular weight is 301 g/mol. The van der Waals surface area contributed by atoms with Gasteiger partial charge in [-0.25, -0.2) is 14.6 Å². The van der Waals surface area contributed by atoms with E-state index in [0.29, 0.717) is 11.8 Å². The maximum atomic E-state index is 5.51. The highest BCUT2D eigenvalue weighted by molar-refractivity contribution is 5.73. The van der Waals surface area contributed by atoms with Crippen molar-refractivity contribution in [1.82, 2.24) is 24.6 Å². The number of rotatable bonds is 3. The predicted octanol–water partition coefficient (Wildman–Crippen LogP) is 1.58. The van der Waals surface area contributed by atoms with Crippen LogP contribution in [-0.2, 0) is 11.8 Å². The van der Waals surface area contributed by atoms with Crippen LogP contribution in [0.25, 0.3) is 11.2 Å². The molecule has 4 rings (SSSR count). The maximum Gasteiger partial charge on any atom is 0.176 e. The van der Waals surface area contributed by atoms with Crippen molar-refractivity contribution in [3.8, 4) is 0 Å². The first kappa shape index (κ1) is 14.1. The van der Waals surface area contributed by atoms with Crippen molar-refractivity contribution >= 4 is 11.2 Å². The third-order valence-electron chi connectivity index (χ3n) is 4.92. The van der Waals surface area contributed by atoms with Gasteiger partial charge in [-0.2, -0.15) is 5.10 Å². The van der Waals surface area contributed by atoms with E-state index >= 15 is 0 Å². The minimum absolute atomic E-state index is 0.469. The Morgan fingerprint density at radius 2 is 2.18 bits per heavy atom. The molecule has 22 heavy (non-hydrogen) atoms. The Balaban J connectivity index is 1.53. The van der Waals surface area contributed by atoms with Crippen LogP contribution in [-0.4, -0.2) is 57.5 Å². The Bertz CT molecular complexity index is 649. The topological polar surface area (TPSA) is 56.1 Å². The van der Waals surface area contributed by atoms with Gasteiger partial charge in [0, 0.05) is 45.1 Å². The highest BCUT2D eigenvalue weighted by atomic mass is 16.5. The molecule has 0 radical (unpaired) electrons. The number of piperidine rings is 1. The van der Waals surface area contributed by atoms with Gasteiger partial charge in [-0.05, 0) is 31.7 Å². The molecule has 0 N–H and O–H groups in total. The van der Waals surface area contributed by atoms with Crippen LogP contribution < -0.4 is 0 Å². The van der Waals surface area contributed by atoms with Gasteiger partial charge < -0.3 is 9.64 Å². The Kier molecular flexibility index (Phi) is 3.80. The Morgan fingerprint density at radius 1 is 1.27 bits per heavy atom. The smallest absolute Gasteiger partial charge is 0.176 e. The van der Waals surface area contributed by atoms with Gasteiger partial charge in [0.25, 0.3) is 0 Å². The van der Waals surface area contributed by atoms with Crippen LogP contribution in [0, 0.1) is 5.92 Å². The molecule has 2 fully saturated rings. The lowest BCUT2D eigenvalue weighted by molar-refractivity contribution is 0.149. The quantitative estimate of drug-likeness (QED) is 0.861. The number of fused-ring (bicyclic) bond motifs is 1. The Morgan fingerprint density at radius 3 is 3.05 bits per heavy atom. The van der Waals surface area contributed by atoms with Gasteiger partial charge in [0.2, 0.25) is 0 Å². The minimum Gasteiger partial charge on any atom is -0.381 e. The number of nitrogens with zero attached hydrogens (tertiary/aromatic N) is 5. The van der Waals surface area contributed by atoms with Gasteiger partial charge >= 0.3 is 0 Å². The lowest BCUT2D eigenvalue weighted by Crippen LogP contribution is -2.38. The molecule has 0 unspecified atom stereocenters. The van der Waals surface area contributed by atoms with E-state index in [4.69, 9.17) is 9.84 Å². The summed E-state index contributed by atoms with van der Waals surface area (Å²) in [6.45, 7) is 5.30. The van der Waals surface area contributed by atoms with Gasteiger partial charge in [-0.3, -0.25) is 0 Å². The van der Waals surface area contributed by atoms with Crippen molar-refractivity contribution in [3.63, 3.8) is 0 Å². The molecule has 2 atom stereocenters. The van der Waals surface area contributed by atoms with E-state index in [9.17, 15) is 0 Å². The van der Waals surface area contributed by atoms with Gasteiger partial charge in [0.15, 0.2) is 5.65 Å². The van der Waals surface area contributed by atoms with Gasteiger partial charge in [0.1, 0.15) is 5.52 Å². The first-order valence-corrected chi connectivity index (χ1v) is 8.25. The van der Waals surface area contributed by atoms with Crippen LogP contribution in [0.3, 0.4) is 0 Å². The summed E-state index contributed by atoms with van der Waals surface area (Å²) in [7, 11) is 1.96. The van der Waals surface area contributed by atoms with Crippen molar-refractivity contribution in [1.29, 1.82) is 0 Å². The van der Waals surface area contributed by atoms with Crippen LogP contribution in [0.5, 0.6) is 0 Å². The lowest BCUT2D eigenvalue weighted by Gasteiger charge is -2.33. The molecule has 2 aliphatic heterocycles. The molecular weight excluding hydrogens is 278 g/mol. The number of hydrogen-bond donors (Lipinski definition) is 0. The zero-order chi connectivity index (χ0) is 14.9. The molecule has 6 heteroatoms. The first-order chi connectivity index (χ1) is 10.8. The largest absolute Gasteiger partial charge is 0.381 e. The third kappa shape index (κ3) is 2.61. The van der Waals surface area contributed by atoms with Crippen LogP contribution in [0.15, 0.2) is 12.4 Å². The molecule has 0 aromatic carbocycles. The molecular formula is C16H23N5O. The van der Waals surface area contributed by atoms with Crippen LogP contribution in [0.4, 0.5) is 0 Å². The van der Waals surface area contributed by atoms with E-state index in [2.05, 4.69) is 14.9 Å². The molecule has 2 aromatic rings. The zero-order valence-corrected chi connectivity index (χ0v) is 13.1. The molecule has 6 nitrogen and oxygen atoms in total. The molecule has 4 heterocycles. The van der Waals surface area contributed by atoms with E-state index in [1.165, 1.54) is 25.8 Å². The van der Waals surface area contributed by atoms with Gasteiger partial charge in [0.05, 0.1) is 12.3 Å². The summed E-state index contributed by atoms with van der Waals surface area (Å²) in [5.74, 6) is 1.18. The molecule has 0 saturated carbocycles. The van der Waals surface area contributed by atoms with Crippen LogP contribution in [0.1, 0.15) is 30.9 Å². The van der Waals surface area contributed by atoms with E-state index in [0.717, 1.165) is 43.2 Å². The first-order valence-electron chi connectivity index (χ1n) is 8.25. The van der Waals surface area contributed by atoms with E-state index in [1.54, 1.807) is 12.4 Å². The van der Waals surface area contributed by atoms with Crippen molar-refractivity contribution in [2.75, 3.05) is 32.8 Å². The predicted molar refractivity (Wildman–Crippen MR) is 83.6 cm³/mol. The molecule has 2 aliphatic rings. The summed E-state index contributed by atoms with van der Waals surface area (Å²) in [6.07, 6.45) is 7.14. The molecule has 2 saturated heterocycles. The molecule has 118 valence electrons. The van der Waals surface area contributed by atoms with E-state index in [-0.39, 0.29) is 0 Å². The Hall–Kier alpha value is -1.53. The second-order valence-corrected chi connectivity index (χ2v) is 6.57. The van der Waals surface area contributed by atoms with Crippen LogP contribution >= 0.6 is 0 Å². The summed E-state index contributed by atoms with van der Waals surface area (Å²) in [5, 5.41) is 4.72.